The number of hydrogen-bond donors (Lipinski definition) is 3. The van der Waals surface area contributed by atoms with Crippen LogP contribution in [0.5, 0.6) is 0 Å². The van der Waals surface area contributed by atoms with E-state index >= 15 is 0 Å². The van der Waals surface area contributed by atoms with Gasteiger partial charge in [-0.1, -0.05) is 12.1 Å². The Bertz CT molecular complexity index is 939. The van der Waals surface area contributed by atoms with Crippen LogP contribution in [-0.2, 0) is 6.54 Å². The normalized spacial score (nSPS) is 10.0. The summed E-state index contributed by atoms with van der Waals surface area (Å²) < 4.78 is 5.07. The summed E-state index contributed by atoms with van der Waals surface area (Å²) in [4.78, 5) is 24.4. The Morgan fingerprint density at radius 1 is 1.00 bits per heavy atom. The van der Waals surface area contributed by atoms with Gasteiger partial charge < -0.3 is 20.8 Å². The van der Waals surface area contributed by atoms with Gasteiger partial charge in [-0.25, -0.2) is 0 Å². The van der Waals surface area contributed by atoms with Crippen LogP contribution < -0.4 is 16.4 Å². The molecule has 0 fully saturated rings. The van der Waals surface area contributed by atoms with Crippen LogP contribution in [0.25, 0.3) is 0 Å². The van der Waals surface area contributed by atoms with Crippen LogP contribution in [0.2, 0.25) is 0 Å². The molecule has 0 saturated heterocycles. The van der Waals surface area contributed by atoms with E-state index in [-0.39, 0.29) is 30.0 Å². The average molecular weight is 386 g/mol. The summed E-state index contributed by atoms with van der Waals surface area (Å²) in [6.07, 6.45) is 1.44. The molecule has 0 unspecified atom stereocenters. The van der Waals surface area contributed by atoms with E-state index in [1.165, 1.54) is 6.26 Å². The van der Waals surface area contributed by atoms with E-state index in [0.29, 0.717) is 23.5 Å². The van der Waals surface area contributed by atoms with Crippen molar-refractivity contribution in [3.8, 4) is 0 Å². The number of aryl methyl sites for hydroxylation is 1. The van der Waals surface area contributed by atoms with Gasteiger partial charge in [-0.2, -0.15) is 0 Å². The largest absolute Gasteiger partial charge is 0.459 e. The number of halogens is 1. The van der Waals surface area contributed by atoms with Crippen LogP contribution in [0.15, 0.2) is 65.3 Å². The fourth-order valence-corrected chi connectivity index (χ4v) is 2.52. The van der Waals surface area contributed by atoms with Gasteiger partial charge in [-0.05, 0) is 60.5 Å². The number of nitrogens with one attached hydrogen (secondary N) is 2. The predicted molar refractivity (Wildman–Crippen MR) is 107 cm³/mol. The molecule has 0 bridgehead atoms. The van der Waals surface area contributed by atoms with Gasteiger partial charge in [-0.15, -0.1) is 12.4 Å². The van der Waals surface area contributed by atoms with E-state index in [4.69, 9.17) is 10.2 Å². The Hall–Kier alpha value is -3.09. The maximum atomic E-state index is 12.4. The van der Waals surface area contributed by atoms with Crippen molar-refractivity contribution in [2.24, 2.45) is 5.73 Å². The molecular formula is C20H20ClN3O3. The highest BCUT2D eigenvalue weighted by atomic mass is 35.5. The fraction of sp³-hybridized carbons (Fsp3) is 0.100. The third kappa shape index (κ3) is 4.97. The third-order valence-electron chi connectivity index (χ3n) is 3.90. The molecule has 7 heteroatoms. The molecule has 4 N–H and O–H groups in total. The lowest BCUT2D eigenvalue weighted by molar-refractivity contribution is 0.0994. The van der Waals surface area contributed by atoms with Crippen LogP contribution in [0.4, 0.5) is 11.4 Å². The van der Waals surface area contributed by atoms with Crippen LogP contribution >= 0.6 is 12.4 Å². The molecule has 1 aromatic heterocycles. The lowest BCUT2D eigenvalue weighted by atomic mass is 10.1. The van der Waals surface area contributed by atoms with Gasteiger partial charge in [0.1, 0.15) is 0 Å². The van der Waals surface area contributed by atoms with Crippen molar-refractivity contribution >= 4 is 35.6 Å². The number of carbonyl (C=O) groups excluding carboxylic acids is 2. The summed E-state index contributed by atoms with van der Waals surface area (Å²) >= 11 is 0. The second kappa shape index (κ2) is 9.02. The molecule has 1 heterocycles. The number of rotatable bonds is 5. The second-order valence-corrected chi connectivity index (χ2v) is 5.82. The van der Waals surface area contributed by atoms with E-state index in [1.54, 1.807) is 48.5 Å². The Morgan fingerprint density at radius 3 is 2.48 bits per heavy atom. The molecule has 0 aliphatic carbocycles. The molecule has 2 aromatic carbocycles. The van der Waals surface area contributed by atoms with Crippen molar-refractivity contribution in [1.29, 1.82) is 0 Å². The highest BCUT2D eigenvalue weighted by Gasteiger charge is 2.11. The lowest BCUT2D eigenvalue weighted by Gasteiger charge is -2.11. The van der Waals surface area contributed by atoms with Crippen molar-refractivity contribution in [1.82, 2.24) is 0 Å². The van der Waals surface area contributed by atoms with Crippen molar-refractivity contribution in [2.45, 2.75) is 13.5 Å². The number of furan rings is 1. The summed E-state index contributed by atoms with van der Waals surface area (Å²) in [6.45, 7) is 2.23. The minimum absolute atomic E-state index is 0. The zero-order valence-corrected chi connectivity index (χ0v) is 15.5. The summed E-state index contributed by atoms with van der Waals surface area (Å²) in [5, 5.41) is 5.63. The van der Waals surface area contributed by atoms with Crippen molar-refractivity contribution in [3.05, 3.63) is 83.3 Å². The SMILES string of the molecule is Cc1cc(NC(=O)c2cccc(CN)c2)ccc1NC(=O)c1ccco1.Cl. The number of carbonyl (C=O) groups is 2. The molecule has 2 amide bonds. The third-order valence-corrected chi connectivity index (χ3v) is 3.90. The van der Waals surface area contributed by atoms with E-state index in [1.807, 2.05) is 13.0 Å². The maximum absolute atomic E-state index is 12.4. The molecule has 6 nitrogen and oxygen atoms in total. The maximum Gasteiger partial charge on any atom is 0.291 e. The van der Waals surface area contributed by atoms with Gasteiger partial charge in [0.2, 0.25) is 0 Å². The molecule has 0 aliphatic heterocycles. The Kier molecular flexibility index (Phi) is 6.76. The highest BCUT2D eigenvalue weighted by Crippen LogP contribution is 2.21. The number of amides is 2. The highest BCUT2D eigenvalue weighted by molar-refractivity contribution is 6.05. The van der Waals surface area contributed by atoms with Crippen molar-refractivity contribution in [3.63, 3.8) is 0 Å². The van der Waals surface area contributed by atoms with Gasteiger partial charge in [0.25, 0.3) is 11.8 Å². The van der Waals surface area contributed by atoms with Crippen LogP contribution in [-0.4, -0.2) is 11.8 Å². The number of anilines is 2. The monoisotopic (exact) mass is 385 g/mol. The second-order valence-electron chi connectivity index (χ2n) is 5.82. The van der Waals surface area contributed by atoms with Gasteiger partial charge in [0, 0.05) is 23.5 Å². The van der Waals surface area contributed by atoms with Gasteiger partial charge in [-0.3, -0.25) is 9.59 Å². The molecule has 27 heavy (non-hydrogen) atoms. The van der Waals surface area contributed by atoms with Gasteiger partial charge >= 0.3 is 0 Å². The van der Waals surface area contributed by atoms with Gasteiger partial charge in [0.15, 0.2) is 5.76 Å². The Morgan fingerprint density at radius 2 is 1.81 bits per heavy atom. The van der Waals surface area contributed by atoms with E-state index in [0.717, 1.165) is 11.1 Å². The first-order valence-corrected chi connectivity index (χ1v) is 8.12. The molecule has 3 aromatic rings. The number of hydrogen-bond acceptors (Lipinski definition) is 4. The van der Waals surface area contributed by atoms with Crippen molar-refractivity contribution in [2.75, 3.05) is 10.6 Å². The predicted octanol–water partition coefficient (Wildman–Crippen LogP) is 3.97. The Labute approximate surface area is 163 Å². The summed E-state index contributed by atoms with van der Waals surface area (Å²) in [7, 11) is 0. The molecule has 140 valence electrons. The van der Waals surface area contributed by atoms with Gasteiger partial charge in [0.05, 0.1) is 6.26 Å². The van der Waals surface area contributed by atoms with Crippen molar-refractivity contribution < 1.29 is 14.0 Å². The summed E-state index contributed by atoms with van der Waals surface area (Å²) in [5.41, 5.74) is 9.15. The average Bonchev–Trinajstić information content (AvgIpc) is 3.19. The Balaban J connectivity index is 0.00000261. The molecule has 0 saturated carbocycles. The topological polar surface area (TPSA) is 97.4 Å². The standard InChI is InChI=1S/C20H19N3O3.ClH/c1-13-10-16(22-19(24)15-5-2-4-14(11-15)12-21)7-8-17(13)23-20(25)18-6-3-9-26-18;/h2-11H,12,21H2,1H3,(H,22,24)(H,23,25);1H. The number of benzene rings is 2. The van der Waals surface area contributed by atoms with Crippen LogP contribution in [0, 0.1) is 6.92 Å². The summed E-state index contributed by atoms with van der Waals surface area (Å²) in [5.74, 6) is -0.304. The lowest BCUT2D eigenvalue weighted by Crippen LogP contribution is -2.14. The molecule has 0 spiro atoms. The van der Waals surface area contributed by atoms with E-state index in [2.05, 4.69) is 10.6 Å². The first-order chi connectivity index (χ1) is 12.6. The fourth-order valence-electron chi connectivity index (χ4n) is 2.52. The van der Waals surface area contributed by atoms with E-state index in [9.17, 15) is 9.59 Å². The molecule has 0 atom stereocenters. The first kappa shape index (κ1) is 20.2. The quantitative estimate of drug-likeness (QED) is 0.618. The summed E-state index contributed by atoms with van der Waals surface area (Å²) in [6, 6.07) is 15.7. The number of nitrogens with two attached hydrogens (primary N) is 1. The molecule has 0 radical (unpaired) electrons. The zero-order valence-electron chi connectivity index (χ0n) is 14.7. The smallest absolute Gasteiger partial charge is 0.291 e. The molecule has 0 aliphatic rings. The minimum Gasteiger partial charge on any atom is -0.459 e. The first-order valence-electron chi connectivity index (χ1n) is 8.12. The van der Waals surface area contributed by atoms with E-state index < -0.39 is 0 Å². The van der Waals surface area contributed by atoms with Crippen LogP contribution in [0.3, 0.4) is 0 Å². The van der Waals surface area contributed by atoms with Crippen LogP contribution in [0.1, 0.15) is 32.0 Å². The molecular weight excluding hydrogens is 366 g/mol. The zero-order chi connectivity index (χ0) is 18.5. The minimum atomic E-state index is -0.325. The molecule has 3 rings (SSSR count).